The van der Waals surface area contributed by atoms with E-state index in [1.165, 1.54) is 44.9 Å². The lowest BCUT2D eigenvalue weighted by atomic mass is 10.1. The third kappa shape index (κ3) is 11.2. The molecule has 0 aromatic rings. The number of nitriles is 1. The summed E-state index contributed by atoms with van der Waals surface area (Å²) in [5.74, 6) is 0. The number of rotatable bonds is 8. The molecule has 0 aromatic heterocycles. The van der Waals surface area contributed by atoms with Crippen LogP contribution < -0.4 is 0 Å². The maximum Gasteiger partial charge on any atom is 0.0908 e. The molecule has 0 N–H and O–H groups in total. The molecule has 0 saturated carbocycles. The van der Waals surface area contributed by atoms with E-state index in [4.69, 9.17) is 5.26 Å². The van der Waals surface area contributed by atoms with Gasteiger partial charge in [-0.1, -0.05) is 51.5 Å². The Hall–Kier alpha value is -0.770. The fourth-order valence-corrected chi connectivity index (χ4v) is 1.36. The second-order valence-corrected chi connectivity index (χ2v) is 3.44. The molecular weight excluding hydrogens is 158 g/mol. The summed E-state index contributed by atoms with van der Waals surface area (Å²) in [7, 11) is 0. The van der Waals surface area contributed by atoms with Gasteiger partial charge >= 0.3 is 0 Å². The maximum absolute atomic E-state index is 8.23. The molecule has 0 atom stereocenters. The van der Waals surface area contributed by atoms with Crippen molar-refractivity contribution in [3.63, 3.8) is 0 Å². The Balaban J connectivity index is 2.92. The SMILES string of the molecule is CCCCCCCCC/C=C/C#N. The smallest absolute Gasteiger partial charge is 0.0908 e. The lowest BCUT2D eigenvalue weighted by molar-refractivity contribution is 0.592. The van der Waals surface area contributed by atoms with Gasteiger partial charge in [0.25, 0.3) is 0 Å². The average Bonchev–Trinajstić information content (AvgIpc) is 2.16. The van der Waals surface area contributed by atoms with Gasteiger partial charge < -0.3 is 0 Å². The lowest BCUT2D eigenvalue weighted by Crippen LogP contribution is -1.78. The Morgan fingerprint density at radius 2 is 1.62 bits per heavy atom. The van der Waals surface area contributed by atoms with Crippen molar-refractivity contribution in [1.82, 2.24) is 0 Å². The van der Waals surface area contributed by atoms with Crippen LogP contribution in [0.2, 0.25) is 0 Å². The molecule has 0 amide bonds. The highest BCUT2D eigenvalue weighted by atomic mass is 14.2. The van der Waals surface area contributed by atoms with Crippen LogP contribution in [-0.4, -0.2) is 0 Å². The van der Waals surface area contributed by atoms with Gasteiger partial charge in [0, 0.05) is 6.08 Å². The summed E-state index contributed by atoms with van der Waals surface area (Å²) < 4.78 is 0. The van der Waals surface area contributed by atoms with Crippen LogP contribution in [0.5, 0.6) is 0 Å². The zero-order valence-corrected chi connectivity index (χ0v) is 8.76. The lowest BCUT2D eigenvalue weighted by Gasteiger charge is -1.98. The Morgan fingerprint density at radius 1 is 1.00 bits per heavy atom. The fraction of sp³-hybridized carbons (Fsp3) is 0.750. The van der Waals surface area contributed by atoms with E-state index in [1.54, 1.807) is 6.08 Å². The van der Waals surface area contributed by atoms with E-state index in [0.717, 1.165) is 6.42 Å². The minimum atomic E-state index is 1.07. The van der Waals surface area contributed by atoms with Crippen LogP contribution in [0.15, 0.2) is 12.2 Å². The fourth-order valence-electron chi connectivity index (χ4n) is 1.36. The summed E-state index contributed by atoms with van der Waals surface area (Å²) >= 11 is 0. The second-order valence-electron chi connectivity index (χ2n) is 3.44. The molecule has 0 heterocycles. The van der Waals surface area contributed by atoms with Gasteiger partial charge in [0.05, 0.1) is 6.07 Å². The van der Waals surface area contributed by atoms with Crippen molar-refractivity contribution < 1.29 is 0 Å². The largest absolute Gasteiger partial charge is 0.193 e. The predicted molar refractivity (Wildman–Crippen MR) is 57.4 cm³/mol. The number of hydrogen-bond acceptors (Lipinski definition) is 1. The van der Waals surface area contributed by atoms with Crippen molar-refractivity contribution in [3.8, 4) is 6.07 Å². The minimum Gasteiger partial charge on any atom is -0.193 e. The second kappa shape index (κ2) is 11.2. The molecule has 0 unspecified atom stereocenters. The summed E-state index contributed by atoms with van der Waals surface area (Å²) in [6.45, 7) is 2.24. The summed E-state index contributed by atoms with van der Waals surface area (Å²) in [5.41, 5.74) is 0. The van der Waals surface area contributed by atoms with E-state index in [1.807, 2.05) is 12.1 Å². The standard InChI is InChI=1S/C12H21N/c1-2-3-4-5-6-7-8-9-10-11-12-13/h10-11H,2-9H2,1H3/b11-10+. The van der Waals surface area contributed by atoms with Crippen molar-refractivity contribution in [2.45, 2.75) is 58.3 Å². The molecule has 0 aliphatic carbocycles. The molecule has 0 aliphatic rings. The van der Waals surface area contributed by atoms with Crippen LogP contribution in [-0.2, 0) is 0 Å². The maximum atomic E-state index is 8.23. The molecule has 0 saturated heterocycles. The Labute approximate surface area is 82.5 Å². The van der Waals surface area contributed by atoms with Gasteiger partial charge in [0.2, 0.25) is 0 Å². The van der Waals surface area contributed by atoms with E-state index in [-0.39, 0.29) is 0 Å². The van der Waals surface area contributed by atoms with E-state index in [9.17, 15) is 0 Å². The minimum absolute atomic E-state index is 1.07. The van der Waals surface area contributed by atoms with Crippen molar-refractivity contribution in [3.05, 3.63) is 12.2 Å². The van der Waals surface area contributed by atoms with Gasteiger partial charge in [-0.25, -0.2) is 0 Å². The van der Waals surface area contributed by atoms with Gasteiger partial charge in [0.1, 0.15) is 0 Å². The van der Waals surface area contributed by atoms with Crippen molar-refractivity contribution in [2.75, 3.05) is 0 Å². The molecule has 0 fully saturated rings. The summed E-state index contributed by atoms with van der Waals surface area (Å²) in [5, 5.41) is 8.23. The predicted octanol–water partition coefficient (Wildman–Crippen LogP) is 4.21. The molecule has 13 heavy (non-hydrogen) atoms. The molecule has 1 nitrogen and oxygen atoms in total. The molecule has 0 aliphatic heterocycles. The first-order valence-corrected chi connectivity index (χ1v) is 5.46. The van der Waals surface area contributed by atoms with E-state index in [2.05, 4.69) is 6.92 Å². The topological polar surface area (TPSA) is 23.8 Å². The average molecular weight is 179 g/mol. The molecule has 0 spiro atoms. The van der Waals surface area contributed by atoms with Crippen LogP contribution in [0.25, 0.3) is 0 Å². The van der Waals surface area contributed by atoms with E-state index < -0.39 is 0 Å². The molecule has 0 bridgehead atoms. The van der Waals surface area contributed by atoms with Gasteiger partial charge in [-0.15, -0.1) is 0 Å². The highest BCUT2D eigenvalue weighted by Gasteiger charge is 1.88. The van der Waals surface area contributed by atoms with E-state index in [0.29, 0.717) is 0 Å². The number of unbranched alkanes of at least 4 members (excludes halogenated alkanes) is 7. The van der Waals surface area contributed by atoms with Gasteiger partial charge in [-0.3, -0.25) is 0 Å². The molecule has 0 rings (SSSR count). The summed E-state index contributed by atoms with van der Waals surface area (Å²) in [6, 6.07) is 2.01. The first-order chi connectivity index (χ1) is 6.41. The Kier molecular flexibility index (Phi) is 10.6. The molecular formula is C12H21N. The number of nitrogens with zero attached hydrogens (tertiary/aromatic N) is 1. The van der Waals surface area contributed by atoms with Gasteiger partial charge in [0.15, 0.2) is 0 Å². The molecule has 1 heteroatoms. The number of hydrogen-bond donors (Lipinski definition) is 0. The van der Waals surface area contributed by atoms with Crippen LogP contribution >= 0.6 is 0 Å². The van der Waals surface area contributed by atoms with Crippen LogP contribution in [0.1, 0.15) is 58.3 Å². The van der Waals surface area contributed by atoms with Gasteiger partial charge in [-0.2, -0.15) is 5.26 Å². The Morgan fingerprint density at radius 3 is 2.23 bits per heavy atom. The third-order valence-corrected chi connectivity index (χ3v) is 2.17. The number of allylic oxidation sites excluding steroid dienone is 2. The first kappa shape index (κ1) is 12.2. The van der Waals surface area contributed by atoms with Crippen LogP contribution in [0.3, 0.4) is 0 Å². The molecule has 74 valence electrons. The van der Waals surface area contributed by atoms with Crippen molar-refractivity contribution in [2.24, 2.45) is 0 Å². The normalized spacial score (nSPS) is 10.5. The monoisotopic (exact) mass is 179 g/mol. The summed E-state index contributed by atoms with van der Waals surface area (Å²) in [6.07, 6.45) is 14.0. The van der Waals surface area contributed by atoms with Crippen molar-refractivity contribution >= 4 is 0 Å². The van der Waals surface area contributed by atoms with Crippen LogP contribution in [0, 0.1) is 11.3 Å². The van der Waals surface area contributed by atoms with Gasteiger partial charge in [-0.05, 0) is 12.8 Å². The molecule has 0 radical (unpaired) electrons. The third-order valence-electron chi connectivity index (χ3n) is 2.17. The zero-order chi connectivity index (χ0) is 9.78. The Bertz CT molecular complexity index is 153. The highest BCUT2D eigenvalue weighted by molar-refractivity contribution is 5.01. The van der Waals surface area contributed by atoms with Crippen molar-refractivity contribution in [1.29, 1.82) is 5.26 Å². The zero-order valence-electron chi connectivity index (χ0n) is 8.76. The summed E-state index contributed by atoms with van der Waals surface area (Å²) in [4.78, 5) is 0. The van der Waals surface area contributed by atoms with E-state index >= 15 is 0 Å². The van der Waals surface area contributed by atoms with Crippen LogP contribution in [0.4, 0.5) is 0 Å². The first-order valence-electron chi connectivity index (χ1n) is 5.46. The quantitative estimate of drug-likeness (QED) is 0.404. The molecule has 0 aromatic carbocycles. The highest BCUT2D eigenvalue weighted by Crippen LogP contribution is 2.08.